The highest BCUT2D eigenvalue weighted by molar-refractivity contribution is 5.91. The number of rotatable bonds is 3. The highest BCUT2D eigenvalue weighted by atomic mass is 16.5. The molecule has 3 aromatic rings. The number of carbonyl (C=O) groups excluding carboxylic acids is 1. The van der Waals surface area contributed by atoms with Crippen LogP contribution in [0.5, 0.6) is 5.75 Å². The SMILES string of the molecule is C=C(C)C(=O)Oc1c(-c2ccccc2)oc2ccccc2c1=O. The molecule has 0 fully saturated rings. The van der Waals surface area contributed by atoms with Crippen molar-refractivity contribution in [2.24, 2.45) is 0 Å². The number of benzene rings is 2. The Labute approximate surface area is 132 Å². The molecule has 23 heavy (non-hydrogen) atoms. The van der Waals surface area contributed by atoms with Gasteiger partial charge in [-0.25, -0.2) is 4.79 Å². The minimum absolute atomic E-state index is 0.122. The van der Waals surface area contributed by atoms with E-state index in [4.69, 9.17) is 9.15 Å². The van der Waals surface area contributed by atoms with E-state index in [1.54, 1.807) is 36.4 Å². The number of hydrogen-bond acceptors (Lipinski definition) is 4. The van der Waals surface area contributed by atoms with Crippen molar-refractivity contribution < 1.29 is 13.9 Å². The molecule has 0 amide bonds. The van der Waals surface area contributed by atoms with Crippen molar-refractivity contribution in [1.82, 2.24) is 0 Å². The van der Waals surface area contributed by atoms with E-state index >= 15 is 0 Å². The molecule has 4 heteroatoms. The molecular formula is C19H14O4. The summed E-state index contributed by atoms with van der Waals surface area (Å²) in [6.07, 6.45) is 0. The van der Waals surface area contributed by atoms with E-state index < -0.39 is 5.97 Å². The summed E-state index contributed by atoms with van der Waals surface area (Å²) in [5.41, 5.74) is 0.906. The Morgan fingerprint density at radius 2 is 1.70 bits per heavy atom. The summed E-state index contributed by atoms with van der Waals surface area (Å²) in [6.45, 7) is 5.06. The van der Waals surface area contributed by atoms with Gasteiger partial charge in [-0.1, -0.05) is 49.0 Å². The number of para-hydroxylation sites is 1. The van der Waals surface area contributed by atoms with E-state index in [1.807, 2.05) is 18.2 Å². The van der Waals surface area contributed by atoms with Gasteiger partial charge in [0.2, 0.25) is 11.2 Å². The van der Waals surface area contributed by atoms with Crippen LogP contribution in [0.4, 0.5) is 0 Å². The average Bonchev–Trinajstić information content (AvgIpc) is 2.57. The van der Waals surface area contributed by atoms with Gasteiger partial charge in [0.1, 0.15) is 5.58 Å². The molecule has 0 radical (unpaired) electrons. The zero-order chi connectivity index (χ0) is 16.4. The summed E-state index contributed by atoms with van der Waals surface area (Å²) in [7, 11) is 0. The molecule has 0 spiro atoms. The molecule has 0 saturated carbocycles. The van der Waals surface area contributed by atoms with Crippen LogP contribution in [0.15, 0.2) is 76.0 Å². The zero-order valence-corrected chi connectivity index (χ0v) is 12.5. The molecule has 0 N–H and O–H groups in total. The standard InChI is InChI=1S/C19H14O4/c1-12(2)19(21)23-18-16(20)14-10-6-7-11-15(14)22-17(18)13-8-4-3-5-9-13/h3-11H,1H2,2H3. The number of fused-ring (bicyclic) bond motifs is 1. The Morgan fingerprint density at radius 1 is 1.04 bits per heavy atom. The lowest BCUT2D eigenvalue weighted by atomic mass is 10.1. The summed E-state index contributed by atoms with van der Waals surface area (Å²) in [5.74, 6) is -0.559. The summed E-state index contributed by atoms with van der Waals surface area (Å²) in [5, 5.41) is 0.358. The second-order valence-corrected chi connectivity index (χ2v) is 5.12. The van der Waals surface area contributed by atoms with Crippen LogP contribution < -0.4 is 10.2 Å². The Morgan fingerprint density at radius 3 is 2.39 bits per heavy atom. The Hall–Kier alpha value is -3.14. The molecule has 0 aliphatic rings. The van der Waals surface area contributed by atoms with Crippen molar-refractivity contribution in [2.75, 3.05) is 0 Å². The van der Waals surface area contributed by atoms with Crippen LogP contribution in [0.2, 0.25) is 0 Å². The predicted octanol–water partition coefficient (Wildman–Crippen LogP) is 3.94. The minimum atomic E-state index is -0.662. The van der Waals surface area contributed by atoms with Crippen LogP contribution in [0.1, 0.15) is 6.92 Å². The molecule has 1 aromatic heterocycles. The lowest BCUT2D eigenvalue weighted by Crippen LogP contribution is -2.16. The second-order valence-electron chi connectivity index (χ2n) is 5.12. The number of ether oxygens (including phenoxy) is 1. The largest absolute Gasteiger partial charge is 0.452 e. The van der Waals surface area contributed by atoms with Crippen LogP contribution in [-0.2, 0) is 4.79 Å². The molecule has 0 saturated heterocycles. The summed E-state index contributed by atoms with van der Waals surface area (Å²) in [4.78, 5) is 24.6. The normalized spacial score (nSPS) is 10.5. The smallest absolute Gasteiger partial charge is 0.338 e. The predicted molar refractivity (Wildman–Crippen MR) is 88.4 cm³/mol. The van der Waals surface area contributed by atoms with E-state index in [2.05, 4.69) is 6.58 Å². The highest BCUT2D eigenvalue weighted by Gasteiger charge is 2.20. The molecule has 0 bridgehead atoms. The van der Waals surface area contributed by atoms with Gasteiger partial charge in [-0.05, 0) is 19.1 Å². The molecule has 114 valence electrons. The fourth-order valence-corrected chi connectivity index (χ4v) is 2.18. The molecule has 4 nitrogen and oxygen atoms in total. The molecule has 2 aromatic carbocycles. The van der Waals surface area contributed by atoms with Crippen molar-refractivity contribution in [1.29, 1.82) is 0 Å². The van der Waals surface area contributed by atoms with E-state index in [-0.39, 0.29) is 22.5 Å². The highest BCUT2D eigenvalue weighted by Crippen LogP contribution is 2.30. The molecule has 0 unspecified atom stereocenters. The Bertz CT molecular complexity index is 952. The van der Waals surface area contributed by atoms with Crippen molar-refractivity contribution in [3.63, 3.8) is 0 Å². The van der Waals surface area contributed by atoms with Gasteiger partial charge in [-0.3, -0.25) is 4.79 Å². The van der Waals surface area contributed by atoms with Crippen molar-refractivity contribution in [3.05, 3.63) is 77.0 Å². The quantitative estimate of drug-likeness (QED) is 0.543. The van der Waals surface area contributed by atoms with Gasteiger partial charge in [0.15, 0.2) is 5.76 Å². The fourth-order valence-electron chi connectivity index (χ4n) is 2.18. The third-order valence-corrected chi connectivity index (χ3v) is 3.34. The number of hydrogen-bond donors (Lipinski definition) is 0. The van der Waals surface area contributed by atoms with Crippen LogP contribution >= 0.6 is 0 Å². The lowest BCUT2D eigenvalue weighted by molar-refractivity contribution is -0.130. The van der Waals surface area contributed by atoms with Gasteiger partial charge in [-0.15, -0.1) is 0 Å². The van der Waals surface area contributed by atoms with Gasteiger partial charge in [-0.2, -0.15) is 0 Å². The second kappa shape index (κ2) is 5.93. The van der Waals surface area contributed by atoms with Crippen molar-refractivity contribution in [3.8, 4) is 17.1 Å². The fraction of sp³-hybridized carbons (Fsp3) is 0.0526. The molecular weight excluding hydrogens is 292 g/mol. The zero-order valence-electron chi connectivity index (χ0n) is 12.5. The van der Waals surface area contributed by atoms with Gasteiger partial charge in [0, 0.05) is 11.1 Å². The van der Waals surface area contributed by atoms with Gasteiger partial charge < -0.3 is 9.15 Å². The number of carbonyl (C=O) groups is 1. The van der Waals surface area contributed by atoms with E-state index in [1.165, 1.54) is 6.92 Å². The maximum atomic E-state index is 12.7. The van der Waals surface area contributed by atoms with Crippen LogP contribution in [-0.4, -0.2) is 5.97 Å². The maximum Gasteiger partial charge on any atom is 0.338 e. The summed E-state index contributed by atoms with van der Waals surface area (Å²) in [6, 6.07) is 15.9. The average molecular weight is 306 g/mol. The van der Waals surface area contributed by atoms with Crippen molar-refractivity contribution in [2.45, 2.75) is 6.92 Å². The van der Waals surface area contributed by atoms with E-state index in [9.17, 15) is 9.59 Å². The molecule has 1 heterocycles. The summed E-state index contributed by atoms with van der Waals surface area (Å²) < 4.78 is 11.1. The van der Waals surface area contributed by atoms with E-state index in [0.717, 1.165) is 0 Å². The van der Waals surface area contributed by atoms with Gasteiger partial charge in [0.25, 0.3) is 0 Å². The molecule has 3 rings (SSSR count). The molecule has 0 aliphatic heterocycles. The van der Waals surface area contributed by atoms with Gasteiger partial charge >= 0.3 is 5.97 Å². The number of esters is 1. The first kappa shape index (κ1) is 14.8. The van der Waals surface area contributed by atoms with Crippen LogP contribution in [0.3, 0.4) is 0 Å². The first-order valence-electron chi connectivity index (χ1n) is 7.07. The minimum Gasteiger partial charge on any atom is -0.452 e. The first-order valence-corrected chi connectivity index (χ1v) is 7.07. The molecule has 0 aliphatic carbocycles. The lowest BCUT2D eigenvalue weighted by Gasteiger charge is -2.10. The first-order chi connectivity index (χ1) is 11.1. The monoisotopic (exact) mass is 306 g/mol. The third kappa shape index (κ3) is 2.79. The topological polar surface area (TPSA) is 56.5 Å². The van der Waals surface area contributed by atoms with Crippen LogP contribution in [0.25, 0.3) is 22.3 Å². The maximum absolute atomic E-state index is 12.7. The van der Waals surface area contributed by atoms with E-state index in [0.29, 0.717) is 16.5 Å². The summed E-state index contributed by atoms with van der Waals surface area (Å²) >= 11 is 0. The Kier molecular flexibility index (Phi) is 3.81. The third-order valence-electron chi connectivity index (χ3n) is 3.34. The van der Waals surface area contributed by atoms with Crippen molar-refractivity contribution >= 4 is 16.9 Å². The molecule has 0 atom stereocenters. The van der Waals surface area contributed by atoms with Crippen LogP contribution in [0, 0.1) is 0 Å². The van der Waals surface area contributed by atoms with Gasteiger partial charge in [0.05, 0.1) is 5.39 Å². The Balaban J connectivity index is 2.30.